The molecule has 4 rings (SSSR count). The zero-order valence-electron chi connectivity index (χ0n) is 18.5. The molecule has 4 amide bonds. The normalized spacial score (nSPS) is 18.1. The molecule has 1 saturated heterocycles. The van der Waals surface area contributed by atoms with Crippen molar-refractivity contribution in [2.24, 2.45) is 0 Å². The van der Waals surface area contributed by atoms with Gasteiger partial charge < -0.3 is 9.47 Å². The number of hydrogen-bond donors (Lipinski definition) is 1. The third-order valence-electron chi connectivity index (χ3n) is 5.89. The lowest BCUT2D eigenvalue weighted by Gasteiger charge is -2.31. The Morgan fingerprint density at radius 2 is 1.82 bits per heavy atom. The van der Waals surface area contributed by atoms with Gasteiger partial charge in [0.25, 0.3) is 11.8 Å². The van der Waals surface area contributed by atoms with Crippen LogP contribution in [0.5, 0.6) is 11.5 Å². The summed E-state index contributed by atoms with van der Waals surface area (Å²) >= 11 is 6.47. The molecule has 0 radical (unpaired) electrons. The monoisotopic (exact) mass is 468 g/mol. The third-order valence-corrected chi connectivity index (χ3v) is 6.17. The summed E-state index contributed by atoms with van der Waals surface area (Å²) in [4.78, 5) is 38.9. The van der Waals surface area contributed by atoms with Gasteiger partial charge in [0.15, 0.2) is 11.5 Å². The number of aryl methyl sites for hydroxylation is 1. The van der Waals surface area contributed by atoms with Crippen LogP contribution in [0.1, 0.15) is 42.4 Å². The van der Waals surface area contributed by atoms with Gasteiger partial charge in [0, 0.05) is 6.04 Å². The lowest BCUT2D eigenvalue weighted by molar-refractivity contribution is -0.131. The van der Waals surface area contributed by atoms with Gasteiger partial charge in [-0.2, -0.15) is 0 Å². The number of methoxy groups -OCH3 is 1. The molecule has 2 fully saturated rings. The molecule has 0 aromatic heterocycles. The fourth-order valence-corrected chi connectivity index (χ4v) is 4.41. The Bertz CT molecular complexity index is 1120. The van der Waals surface area contributed by atoms with E-state index in [0.29, 0.717) is 23.7 Å². The summed E-state index contributed by atoms with van der Waals surface area (Å²) in [5.41, 5.74) is 2.50. The van der Waals surface area contributed by atoms with Crippen LogP contribution in [0.25, 0.3) is 6.08 Å². The number of urea groups is 1. The molecule has 1 saturated carbocycles. The molecule has 0 unspecified atom stereocenters. The first-order valence-electron chi connectivity index (χ1n) is 10.8. The van der Waals surface area contributed by atoms with Gasteiger partial charge in [-0.05, 0) is 49.1 Å². The fourth-order valence-electron chi connectivity index (χ4n) is 4.13. The molecule has 0 bridgehead atoms. The van der Waals surface area contributed by atoms with Gasteiger partial charge >= 0.3 is 6.03 Å². The maximum Gasteiger partial charge on any atom is 0.331 e. The molecule has 1 aliphatic heterocycles. The van der Waals surface area contributed by atoms with Crippen molar-refractivity contribution in [3.8, 4) is 11.5 Å². The molecular weight excluding hydrogens is 444 g/mol. The smallest absolute Gasteiger partial charge is 0.331 e. The number of carbonyl (C=O) groups is 3. The van der Waals surface area contributed by atoms with Crippen LogP contribution in [-0.4, -0.2) is 35.9 Å². The minimum atomic E-state index is -0.728. The summed E-state index contributed by atoms with van der Waals surface area (Å²) in [5.74, 6) is -0.586. The largest absolute Gasteiger partial charge is 0.493 e. The van der Waals surface area contributed by atoms with Crippen molar-refractivity contribution in [3.05, 3.63) is 63.7 Å². The Morgan fingerprint density at radius 1 is 1.12 bits per heavy atom. The van der Waals surface area contributed by atoms with Crippen molar-refractivity contribution < 1.29 is 23.9 Å². The highest BCUT2D eigenvalue weighted by molar-refractivity contribution is 6.33. The molecule has 2 aromatic rings. The number of halogens is 1. The number of imide groups is 2. The van der Waals surface area contributed by atoms with Crippen molar-refractivity contribution in [1.82, 2.24) is 10.2 Å². The number of barbiturate groups is 1. The number of hydrogen-bond acceptors (Lipinski definition) is 5. The topological polar surface area (TPSA) is 84.9 Å². The zero-order chi connectivity index (χ0) is 23.5. The predicted molar refractivity (Wildman–Crippen MR) is 124 cm³/mol. The second-order valence-corrected chi connectivity index (χ2v) is 8.65. The van der Waals surface area contributed by atoms with Crippen molar-refractivity contribution in [2.75, 3.05) is 7.11 Å². The number of nitrogens with zero attached hydrogens (tertiary/aromatic N) is 1. The Labute approximate surface area is 197 Å². The van der Waals surface area contributed by atoms with Crippen LogP contribution in [0.15, 0.2) is 42.0 Å². The van der Waals surface area contributed by atoms with Crippen LogP contribution < -0.4 is 14.8 Å². The summed E-state index contributed by atoms with van der Waals surface area (Å²) in [6.45, 7) is 2.31. The predicted octanol–water partition coefficient (Wildman–Crippen LogP) is 4.64. The molecule has 2 aliphatic rings. The van der Waals surface area contributed by atoms with Crippen LogP contribution >= 0.6 is 11.6 Å². The molecule has 33 heavy (non-hydrogen) atoms. The standard InChI is InChI=1S/C25H25ClN2O5/c1-15-7-9-16(10-8-15)14-33-22-20(26)12-17(13-21(22)32-2)11-19-23(29)27-25(31)28(24(19)30)18-5-3-4-6-18/h7-13,18H,3-6,14H2,1-2H3,(H,27,29,31)/b19-11+. The zero-order valence-corrected chi connectivity index (χ0v) is 19.3. The Hall–Kier alpha value is -3.32. The SMILES string of the molecule is COc1cc(/C=C2\C(=O)NC(=O)N(C3CCCC3)C2=O)cc(Cl)c1OCc1ccc(C)cc1. The summed E-state index contributed by atoms with van der Waals surface area (Å²) in [5, 5.41) is 2.55. The van der Waals surface area contributed by atoms with Crippen LogP contribution in [0.4, 0.5) is 4.79 Å². The summed E-state index contributed by atoms with van der Waals surface area (Å²) in [6.07, 6.45) is 4.81. The average Bonchev–Trinajstić information content (AvgIpc) is 3.31. The van der Waals surface area contributed by atoms with Gasteiger partial charge in [-0.15, -0.1) is 0 Å². The van der Waals surface area contributed by atoms with Crippen molar-refractivity contribution in [1.29, 1.82) is 0 Å². The van der Waals surface area contributed by atoms with Crippen LogP contribution in [0.2, 0.25) is 5.02 Å². The van der Waals surface area contributed by atoms with E-state index in [1.54, 1.807) is 12.1 Å². The quantitative estimate of drug-likeness (QED) is 0.493. The fraction of sp³-hybridized carbons (Fsp3) is 0.320. The first-order valence-corrected chi connectivity index (χ1v) is 11.2. The molecular formula is C25H25ClN2O5. The molecule has 172 valence electrons. The number of ether oxygens (including phenoxy) is 2. The number of amides is 4. The van der Waals surface area contributed by atoms with E-state index < -0.39 is 17.8 Å². The first-order chi connectivity index (χ1) is 15.9. The van der Waals surface area contributed by atoms with E-state index >= 15 is 0 Å². The lowest BCUT2D eigenvalue weighted by atomic mass is 10.0. The van der Waals surface area contributed by atoms with Gasteiger partial charge in [0.2, 0.25) is 0 Å². The van der Waals surface area contributed by atoms with Crippen LogP contribution in [0.3, 0.4) is 0 Å². The number of rotatable bonds is 6. The maximum absolute atomic E-state index is 13.0. The van der Waals surface area contributed by atoms with E-state index in [2.05, 4.69) is 5.32 Å². The van der Waals surface area contributed by atoms with Crippen LogP contribution in [0, 0.1) is 6.92 Å². The van der Waals surface area contributed by atoms with E-state index in [9.17, 15) is 14.4 Å². The third kappa shape index (κ3) is 4.88. The molecule has 0 atom stereocenters. The lowest BCUT2D eigenvalue weighted by Crippen LogP contribution is -2.57. The number of benzene rings is 2. The minimum absolute atomic E-state index is 0.118. The molecule has 2 aromatic carbocycles. The highest BCUT2D eigenvalue weighted by Gasteiger charge is 2.40. The van der Waals surface area contributed by atoms with Crippen LogP contribution in [-0.2, 0) is 16.2 Å². The Balaban J connectivity index is 1.59. The Kier molecular flexibility index (Phi) is 6.70. The summed E-state index contributed by atoms with van der Waals surface area (Å²) < 4.78 is 11.3. The van der Waals surface area contributed by atoms with E-state index in [0.717, 1.165) is 41.7 Å². The number of nitrogens with one attached hydrogen (secondary N) is 1. The molecule has 1 aliphatic carbocycles. The van der Waals surface area contributed by atoms with Crippen molar-refractivity contribution in [2.45, 2.75) is 45.3 Å². The van der Waals surface area contributed by atoms with E-state index in [4.69, 9.17) is 21.1 Å². The Morgan fingerprint density at radius 3 is 2.48 bits per heavy atom. The summed E-state index contributed by atoms with van der Waals surface area (Å²) in [7, 11) is 1.49. The maximum atomic E-state index is 13.0. The molecule has 1 heterocycles. The van der Waals surface area contributed by atoms with Gasteiger partial charge in [-0.1, -0.05) is 54.3 Å². The highest BCUT2D eigenvalue weighted by Crippen LogP contribution is 2.38. The molecule has 7 nitrogen and oxygen atoms in total. The second kappa shape index (κ2) is 9.67. The van der Waals surface area contributed by atoms with E-state index in [1.807, 2.05) is 31.2 Å². The van der Waals surface area contributed by atoms with Gasteiger partial charge in [0.05, 0.1) is 12.1 Å². The number of carbonyl (C=O) groups excluding carboxylic acids is 3. The molecule has 0 spiro atoms. The van der Waals surface area contributed by atoms with E-state index in [-0.39, 0.29) is 16.6 Å². The average molecular weight is 469 g/mol. The van der Waals surface area contributed by atoms with Gasteiger partial charge in [-0.25, -0.2) is 4.79 Å². The van der Waals surface area contributed by atoms with Crippen molar-refractivity contribution in [3.63, 3.8) is 0 Å². The van der Waals surface area contributed by atoms with Crippen molar-refractivity contribution >= 4 is 35.5 Å². The van der Waals surface area contributed by atoms with Gasteiger partial charge in [-0.3, -0.25) is 19.8 Å². The minimum Gasteiger partial charge on any atom is -0.493 e. The molecule has 1 N–H and O–H groups in total. The van der Waals surface area contributed by atoms with E-state index in [1.165, 1.54) is 13.2 Å². The van der Waals surface area contributed by atoms with Gasteiger partial charge in [0.1, 0.15) is 12.2 Å². The second-order valence-electron chi connectivity index (χ2n) is 8.24. The first kappa shape index (κ1) is 22.9. The highest BCUT2D eigenvalue weighted by atomic mass is 35.5. The molecule has 8 heteroatoms. The summed E-state index contributed by atoms with van der Waals surface area (Å²) in [6, 6.07) is 10.3.